The molecule has 1 fully saturated rings. The van der Waals surface area contributed by atoms with Gasteiger partial charge in [0.05, 0.1) is 6.10 Å². The molecule has 1 aliphatic rings. The average Bonchev–Trinajstić information content (AvgIpc) is 2.66. The predicted octanol–water partition coefficient (Wildman–Crippen LogP) is 3.58. The molecule has 100 valence electrons. The van der Waals surface area contributed by atoms with E-state index in [9.17, 15) is 5.11 Å². The molecule has 0 radical (unpaired) electrons. The highest BCUT2D eigenvalue weighted by atomic mass is 16.5. The lowest BCUT2D eigenvalue weighted by Gasteiger charge is -2.22. The highest BCUT2D eigenvalue weighted by molar-refractivity contribution is 5.39. The fourth-order valence-corrected chi connectivity index (χ4v) is 2.46. The Hall–Kier alpha value is -1.02. The monoisotopic (exact) mass is 248 g/mol. The predicted molar refractivity (Wildman–Crippen MR) is 74.2 cm³/mol. The van der Waals surface area contributed by atoms with Crippen molar-refractivity contribution >= 4 is 0 Å². The Bertz CT molecular complexity index is 418. The molecule has 2 nitrogen and oxygen atoms in total. The van der Waals surface area contributed by atoms with E-state index in [1.807, 2.05) is 6.07 Å². The molecule has 0 heterocycles. The van der Waals surface area contributed by atoms with E-state index in [1.54, 1.807) is 0 Å². The molecule has 18 heavy (non-hydrogen) atoms. The van der Waals surface area contributed by atoms with Crippen LogP contribution < -0.4 is 4.74 Å². The van der Waals surface area contributed by atoms with Crippen LogP contribution in [0, 0.1) is 6.92 Å². The zero-order valence-electron chi connectivity index (χ0n) is 11.9. The van der Waals surface area contributed by atoms with Gasteiger partial charge in [0.2, 0.25) is 0 Å². The molecule has 0 bridgehead atoms. The van der Waals surface area contributed by atoms with Gasteiger partial charge in [-0.2, -0.15) is 0 Å². The Morgan fingerprint density at radius 1 is 1.22 bits per heavy atom. The first-order chi connectivity index (χ1) is 8.38. The van der Waals surface area contributed by atoms with E-state index in [4.69, 9.17) is 4.74 Å². The van der Waals surface area contributed by atoms with Gasteiger partial charge in [0.25, 0.3) is 0 Å². The van der Waals surface area contributed by atoms with Crippen molar-refractivity contribution in [1.29, 1.82) is 0 Å². The topological polar surface area (TPSA) is 29.5 Å². The summed E-state index contributed by atoms with van der Waals surface area (Å²) in [6, 6.07) is 6.36. The standard InChI is InChI=1S/C16H24O2/c1-11-10-12(16(2,3)4)8-9-14(11)18-15-7-5-6-13(15)17/h8-10,13,15,17H,5-7H2,1-4H3. The Balaban J connectivity index is 2.15. The average molecular weight is 248 g/mol. The van der Waals surface area contributed by atoms with Crippen LogP contribution in [0.2, 0.25) is 0 Å². The molecule has 2 unspecified atom stereocenters. The van der Waals surface area contributed by atoms with E-state index >= 15 is 0 Å². The molecule has 0 aliphatic heterocycles. The van der Waals surface area contributed by atoms with Crippen LogP contribution in [-0.4, -0.2) is 17.3 Å². The van der Waals surface area contributed by atoms with Crippen LogP contribution in [0.15, 0.2) is 18.2 Å². The zero-order valence-corrected chi connectivity index (χ0v) is 11.9. The van der Waals surface area contributed by atoms with Gasteiger partial charge in [-0.25, -0.2) is 0 Å². The molecule has 2 heteroatoms. The minimum Gasteiger partial charge on any atom is -0.487 e. The molecule has 0 aromatic heterocycles. The third-order valence-corrected chi connectivity index (χ3v) is 3.74. The lowest BCUT2D eigenvalue weighted by atomic mass is 9.86. The van der Waals surface area contributed by atoms with E-state index in [0.29, 0.717) is 0 Å². The van der Waals surface area contributed by atoms with Crippen molar-refractivity contribution in [3.63, 3.8) is 0 Å². The maximum atomic E-state index is 9.80. The van der Waals surface area contributed by atoms with Crippen LogP contribution in [0.5, 0.6) is 5.75 Å². The van der Waals surface area contributed by atoms with Crippen LogP contribution in [0.25, 0.3) is 0 Å². The van der Waals surface area contributed by atoms with Crippen LogP contribution in [-0.2, 0) is 5.41 Å². The molecule has 1 saturated carbocycles. The molecule has 0 spiro atoms. The molecule has 0 saturated heterocycles. The van der Waals surface area contributed by atoms with Gasteiger partial charge in [-0.1, -0.05) is 32.9 Å². The van der Waals surface area contributed by atoms with Crippen LogP contribution in [0.3, 0.4) is 0 Å². The van der Waals surface area contributed by atoms with Gasteiger partial charge in [-0.05, 0) is 48.8 Å². The van der Waals surface area contributed by atoms with Gasteiger partial charge in [0, 0.05) is 0 Å². The van der Waals surface area contributed by atoms with Crippen LogP contribution in [0.4, 0.5) is 0 Å². The molecule has 1 aromatic rings. The third kappa shape index (κ3) is 2.86. The fraction of sp³-hybridized carbons (Fsp3) is 0.625. The molecule has 0 amide bonds. The first-order valence-corrected chi connectivity index (χ1v) is 6.84. The first-order valence-electron chi connectivity index (χ1n) is 6.84. The van der Waals surface area contributed by atoms with Gasteiger partial charge < -0.3 is 9.84 Å². The van der Waals surface area contributed by atoms with Crippen molar-refractivity contribution in [1.82, 2.24) is 0 Å². The van der Waals surface area contributed by atoms with Gasteiger partial charge in [0.15, 0.2) is 0 Å². The van der Waals surface area contributed by atoms with Crippen molar-refractivity contribution in [2.45, 2.75) is 64.6 Å². The fourth-order valence-electron chi connectivity index (χ4n) is 2.46. The first kappa shape index (κ1) is 13.4. The van der Waals surface area contributed by atoms with E-state index < -0.39 is 0 Å². The zero-order chi connectivity index (χ0) is 13.3. The molecule has 1 aromatic carbocycles. The summed E-state index contributed by atoms with van der Waals surface area (Å²) in [6.07, 6.45) is 2.56. The van der Waals surface area contributed by atoms with Crippen molar-refractivity contribution in [3.8, 4) is 5.75 Å². The number of aliphatic hydroxyl groups is 1. The summed E-state index contributed by atoms with van der Waals surface area (Å²) in [4.78, 5) is 0. The van der Waals surface area contributed by atoms with Gasteiger partial charge in [0.1, 0.15) is 11.9 Å². The van der Waals surface area contributed by atoms with E-state index in [1.165, 1.54) is 5.56 Å². The van der Waals surface area contributed by atoms with Crippen LogP contribution >= 0.6 is 0 Å². The number of ether oxygens (including phenoxy) is 1. The second-order valence-corrected chi connectivity index (χ2v) is 6.38. The lowest BCUT2D eigenvalue weighted by Crippen LogP contribution is -2.26. The van der Waals surface area contributed by atoms with E-state index in [2.05, 4.69) is 39.8 Å². The smallest absolute Gasteiger partial charge is 0.124 e. The maximum absolute atomic E-state index is 9.80. The van der Waals surface area contributed by atoms with Crippen LogP contribution in [0.1, 0.15) is 51.2 Å². The van der Waals surface area contributed by atoms with Gasteiger partial charge in [-0.3, -0.25) is 0 Å². The van der Waals surface area contributed by atoms with Gasteiger partial charge in [-0.15, -0.1) is 0 Å². The Kier molecular flexibility index (Phi) is 3.67. The third-order valence-electron chi connectivity index (χ3n) is 3.74. The summed E-state index contributed by atoms with van der Waals surface area (Å²) >= 11 is 0. The number of aryl methyl sites for hydroxylation is 1. The minimum atomic E-state index is -0.299. The van der Waals surface area contributed by atoms with Gasteiger partial charge >= 0.3 is 0 Å². The van der Waals surface area contributed by atoms with Crippen molar-refractivity contribution in [3.05, 3.63) is 29.3 Å². The molecular weight excluding hydrogens is 224 g/mol. The SMILES string of the molecule is Cc1cc(C(C)(C)C)ccc1OC1CCCC1O. The Morgan fingerprint density at radius 2 is 1.94 bits per heavy atom. The Labute approximate surface area is 110 Å². The number of aliphatic hydroxyl groups excluding tert-OH is 1. The summed E-state index contributed by atoms with van der Waals surface area (Å²) in [7, 11) is 0. The second kappa shape index (κ2) is 4.93. The minimum absolute atomic E-state index is 0.0239. The number of rotatable bonds is 2. The molecular formula is C16H24O2. The summed E-state index contributed by atoms with van der Waals surface area (Å²) in [5.74, 6) is 0.911. The number of hydrogen-bond acceptors (Lipinski definition) is 2. The van der Waals surface area contributed by atoms with Crippen molar-refractivity contribution in [2.75, 3.05) is 0 Å². The van der Waals surface area contributed by atoms with Crippen molar-refractivity contribution in [2.24, 2.45) is 0 Å². The highest BCUT2D eigenvalue weighted by Gasteiger charge is 2.27. The molecule has 2 atom stereocenters. The summed E-state index contributed by atoms with van der Waals surface area (Å²) in [5, 5.41) is 9.80. The van der Waals surface area contributed by atoms with Crippen molar-refractivity contribution < 1.29 is 9.84 Å². The van der Waals surface area contributed by atoms with E-state index in [-0.39, 0.29) is 17.6 Å². The number of hydrogen-bond donors (Lipinski definition) is 1. The normalized spacial score (nSPS) is 24.3. The molecule has 1 aliphatic carbocycles. The summed E-state index contributed by atoms with van der Waals surface area (Å²) < 4.78 is 5.94. The largest absolute Gasteiger partial charge is 0.487 e. The summed E-state index contributed by atoms with van der Waals surface area (Å²) in [6.45, 7) is 8.71. The van der Waals surface area contributed by atoms with E-state index in [0.717, 1.165) is 30.6 Å². The summed E-state index contributed by atoms with van der Waals surface area (Å²) in [5.41, 5.74) is 2.64. The highest BCUT2D eigenvalue weighted by Crippen LogP contribution is 2.30. The second-order valence-electron chi connectivity index (χ2n) is 6.38. The Morgan fingerprint density at radius 3 is 2.44 bits per heavy atom. The quantitative estimate of drug-likeness (QED) is 0.866. The molecule has 1 N–H and O–H groups in total. The lowest BCUT2D eigenvalue weighted by molar-refractivity contribution is 0.0599. The number of benzene rings is 1. The maximum Gasteiger partial charge on any atom is 0.124 e. The molecule has 2 rings (SSSR count).